The number of halogens is 2. The molecule has 1 heterocycles. The Bertz CT molecular complexity index is 851. The number of amides is 1. The minimum atomic E-state index is -1.08. The van der Waals surface area contributed by atoms with E-state index in [0.717, 1.165) is 0 Å². The van der Waals surface area contributed by atoms with Crippen LogP contribution in [0.2, 0.25) is 10.0 Å². The second-order valence-electron chi connectivity index (χ2n) is 5.36. The van der Waals surface area contributed by atoms with Crippen molar-refractivity contribution in [3.8, 4) is 0 Å². The highest BCUT2D eigenvalue weighted by molar-refractivity contribution is 6.35. The Balaban J connectivity index is 2.01. The highest BCUT2D eigenvalue weighted by atomic mass is 35.5. The highest BCUT2D eigenvalue weighted by Crippen LogP contribution is 2.26. The van der Waals surface area contributed by atoms with Crippen LogP contribution in [-0.2, 0) is 9.53 Å². The summed E-state index contributed by atoms with van der Waals surface area (Å²) in [5.41, 5.74) is -0.0742. The maximum absolute atomic E-state index is 12.2. The maximum atomic E-state index is 12.2. The minimum Gasteiger partial charge on any atom is -0.449 e. The van der Waals surface area contributed by atoms with E-state index in [9.17, 15) is 14.4 Å². The molecule has 1 aromatic carbocycles. The van der Waals surface area contributed by atoms with Crippen LogP contribution < -0.4 is 10.9 Å². The third-order valence-electron chi connectivity index (χ3n) is 3.48. The molecule has 132 valence electrons. The zero-order valence-corrected chi connectivity index (χ0v) is 15.0. The predicted molar refractivity (Wildman–Crippen MR) is 95.0 cm³/mol. The third kappa shape index (κ3) is 4.84. The first-order valence-corrected chi connectivity index (χ1v) is 8.19. The van der Waals surface area contributed by atoms with E-state index in [0.29, 0.717) is 15.6 Å². The minimum absolute atomic E-state index is 0.170. The van der Waals surface area contributed by atoms with Crippen LogP contribution in [0.4, 0.5) is 0 Å². The molecule has 0 fully saturated rings. The van der Waals surface area contributed by atoms with Gasteiger partial charge in [-0.3, -0.25) is 9.59 Å². The monoisotopic (exact) mass is 382 g/mol. The summed E-state index contributed by atoms with van der Waals surface area (Å²) in [5, 5.41) is 3.60. The molecular weight excluding hydrogens is 367 g/mol. The van der Waals surface area contributed by atoms with Gasteiger partial charge in [-0.05, 0) is 43.7 Å². The van der Waals surface area contributed by atoms with E-state index in [1.54, 1.807) is 25.1 Å². The molecule has 6 nitrogen and oxygen atoms in total. The quantitative estimate of drug-likeness (QED) is 0.777. The van der Waals surface area contributed by atoms with Crippen molar-refractivity contribution in [1.82, 2.24) is 10.3 Å². The van der Waals surface area contributed by atoms with Crippen molar-refractivity contribution in [2.24, 2.45) is 0 Å². The van der Waals surface area contributed by atoms with Gasteiger partial charge in [0, 0.05) is 16.2 Å². The lowest BCUT2D eigenvalue weighted by Crippen LogP contribution is -2.38. The number of carbonyl (C=O) groups excluding carboxylic acids is 2. The fourth-order valence-corrected chi connectivity index (χ4v) is 2.69. The Labute approximate surface area is 154 Å². The standard InChI is InChI=1S/C17H16Cl2N2O4/c1-9(12-6-5-11(18)8-14(12)19)21-15(22)10(2)25-17(24)13-4-3-7-20-16(13)23/h3-10H,1-2H3,(H,20,23)(H,21,22). The van der Waals surface area contributed by atoms with Gasteiger partial charge in [0.1, 0.15) is 5.56 Å². The molecule has 0 radical (unpaired) electrons. The topological polar surface area (TPSA) is 88.3 Å². The van der Waals surface area contributed by atoms with Crippen LogP contribution in [0, 0.1) is 0 Å². The number of hydrogen-bond acceptors (Lipinski definition) is 4. The number of H-pyrrole nitrogens is 1. The number of aromatic nitrogens is 1. The van der Waals surface area contributed by atoms with Gasteiger partial charge in [-0.1, -0.05) is 29.3 Å². The Hall–Kier alpha value is -2.31. The zero-order chi connectivity index (χ0) is 18.6. The molecule has 0 aliphatic heterocycles. The van der Waals surface area contributed by atoms with Gasteiger partial charge in [0.05, 0.1) is 6.04 Å². The van der Waals surface area contributed by atoms with E-state index in [4.69, 9.17) is 27.9 Å². The van der Waals surface area contributed by atoms with E-state index < -0.39 is 29.6 Å². The van der Waals surface area contributed by atoms with Gasteiger partial charge >= 0.3 is 5.97 Å². The lowest BCUT2D eigenvalue weighted by Gasteiger charge is -2.19. The van der Waals surface area contributed by atoms with Gasteiger partial charge in [-0.15, -0.1) is 0 Å². The van der Waals surface area contributed by atoms with Gasteiger partial charge in [-0.2, -0.15) is 0 Å². The fourth-order valence-electron chi connectivity index (χ4n) is 2.12. The second kappa shape index (κ2) is 8.18. The van der Waals surface area contributed by atoms with Gasteiger partial charge in [-0.25, -0.2) is 4.79 Å². The number of pyridine rings is 1. The molecule has 0 spiro atoms. The average Bonchev–Trinajstić information content (AvgIpc) is 2.54. The average molecular weight is 383 g/mol. The molecule has 0 saturated carbocycles. The van der Waals surface area contributed by atoms with Crippen LogP contribution in [0.5, 0.6) is 0 Å². The molecular formula is C17H16Cl2N2O4. The Morgan fingerprint density at radius 1 is 1.20 bits per heavy atom. The second-order valence-corrected chi connectivity index (χ2v) is 6.20. The Morgan fingerprint density at radius 3 is 2.56 bits per heavy atom. The van der Waals surface area contributed by atoms with E-state index in [-0.39, 0.29) is 5.56 Å². The SMILES string of the molecule is CC(OC(=O)c1ccc[nH]c1=O)C(=O)NC(C)c1ccc(Cl)cc1Cl. The molecule has 2 unspecified atom stereocenters. The number of esters is 1. The van der Waals surface area contributed by atoms with Gasteiger partial charge < -0.3 is 15.0 Å². The Kier molecular flexibility index (Phi) is 6.22. The predicted octanol–water partition coefficient (Wildman–Crippen LogP) is 3.10. The van der Waals surface area contributed by atoms with Crippen LogP contribution in [0.1, 0.15) is 35.8 Å². The zero-order valence-electron chi connectivity index (χ0n) is 13.5. The van der Waals surface area contributed by atoms with Crippen LogP contribution >= 0.6 is 23.2 Å². The van der Waals surface area contributed by atoms with E-state index in [2.05, 4.69) is 10.3 Å². The molecule has 1 amide bonds. The van der Waals surface area contributed by atoms with Gasteiger partial charge in [0.2, 0.25) is 0 Å². The largest absolute Gasteiger partial charge is 0.449 e. The molecule has 2 atom stereocenters. The number of carbonyl (C=O) groups is 2. The summed E-state index contributed by atoms with van der Waals surface area (Å²) in [6.07, 6.45) is 0.313. The smallest absolute Gasteiger partial charge is 0.344 e. The van der Waals surface area contributed by atoms with Crippen molar-refractivity contribution in [1.29, 1.82) is 0 Å². The van der Waals surface area contributed by atoms with Gasteiger partial charge in [0.15, 0.2) is 6.10 Å². The molecule has 2 aromatic rings. The molecule has 0 saturated heterocycles. The summed E-state index contributed by atoms with van der Waals surface area (Å²) in [5.74, 6) is -1.39. The number of ether oxygens (including phenoxy) is 1. The summed E-state index contributed by atoms with van der Waals surface area (Å²) in [6, 6.07) is 7.34. The first kappa shape index (κ1) is 19.0. The normalized spacial score (nSPS) is 13.0. The maximum Gasteiger partial charge on any atom is 0.344 e. The number of nitrogens with one attached hydrogen (secondary N) is 2. The number of hydrogen-bond donors (Lipinski definition) is 2. The first-order valence-electron chi connectivity index (χ1n) is 7.43. The molecule has 2 rings (SSSR count). The molecule has 0 bridgehead atoms. The summed E-state index contributed by atoms with van der Waals surface area (Å²) >= 11 is 12.0. The molecule has 0 aliphatic rings. The molecule has 0 aliphatic carbocycles. The number of benzene rings is 1. The van der Waals surface area contributed by atoms with Crippen molar-refractivity contribution >= 4 is 35.1 Å². The Morgan fingerprint density at radius 2 is 1.92 bits per heavy atom. The fraction of sp³-hybridized carbons (Fsp3) is 0.235. The number of aromatic amines is 1. The molecule has 25 heavy (non-hydrogen) atoms. The third-order valence-corrected chi connectivity index (χ3v) is 4.04. The summed E-state index contributed by atoms with van der Waals surface area (Å²) < 4.78 is 5.04. The van der Waals surface area contributed by atoms with E-state index in [1.165, 1.54) is 25.3 Å². The van der Waals surface area contributed by atoms with Crippen molar-refractivity contribution < 1.29 is 14.3 Å². The highest BCUT2D eigenvalue weighted by Gasteiger charge is 2.22. The van der Waals surface area contributed by atoms with Crippen LogP contribution in [0.3, 0.4) is 0 Å². The van der Waals surface area contributed by atoms with E-state index >= 15 is 0 Å². The summed E-state index contributed by atoms with van der Waals surface area (Å²) in [7, 11) is 0. The van der Waals surface area contributed by atoms with Crippen LogP contribution in [0.15, 0.2) is 41.3 Å². The molecule has 2 N–H and O–H groups in total. The van der Waals surface area contributed by atoms with Crippen molar-refractivity contribution in [3.63, 3.8) is 0 Å². The lowest BCUT2D eigenvalue weighted by atomic mass is 10.1. The van der Waals surface area contributed by atoms with Crippen LogP contribution in [-0.4, -0.2) is 23.0 Å². The van der Waals surface area contributed by atoms with Crippen molar-refractivity contribution in [3.05, 3.63) is 68.1 Å². The number of rotatable bonds is 5. The first-order chi connectivity index (χ1) is 11.8. The molecule has 1 aromatic heterocycles. The summed E-state index contributed by atoms with van der Waals surface area (Å²) in [6.45, 7) is 3.16. The summed E-state index contributed by atoms with van der Waals surface area (Å²) in [4.78, 5) is 38.1. The van der Waals surface area contributed by atoms with Crippen molar-refractivity contribution in [2.75, 3.05) is 0 Å². The molecule has 8 heteroatoms. The van der Waals surface area contributed by atoms with Crippen molar-refractivity contribution in [2.45, 2.75) is 26.0 Å². The van der Waals surface area contributed by atoms with Gasteiger partial charge in [0.25, 0.3) is 11.5 Å². The van der Waals surface area contributed by atoms with E-state index in [1.807, 2.05) is 0 Å². The lowest BCUT2D eigenvalue weighted by molar-refractivity contribution is -0.129. The van der Waals surface area contributed by atoms with Crippen LogP contribution in [0.25, 0.3) is 0 Å².